The molecule has 124 valence electrons. The summed E-state index contributed by atoms with van der Waals surface area (Å²) in [7, 11) is -1.65. The van der Waals surface area contributed by atoms with E-state index >= 15 is 0 Å². The fraction of sp³-hybridized carbons (Fsp3) is 0.100. The van der Waals surface area contributed by atoms with E-state index in [2.05, 4.69) is 0 Å². The maximum atomic E-state index is 10.1. The second kappa shape index (κ2) is 6.04. The number of benzene rings is 3. The maximum absolute atomic E-state index is 10.1. The Kier molecular flexibility index (Phi) is 3.84. The van der Waals surface area contributed by atoms with Crippen LogP contribution in [0.3, 0.4) is 0 Å². The first-order chi connectivity index (χ1) is 12.1. The van der Waals surface area contributed by atoms with Crippen molar-refractivity contribution < 1.29 is 19.6 Å². The second-order valence-corrected chi connectivity index (χ2v) is 6.15. The molecule has 4 aromatic rings. The largest absolute Gasteiger partial charge is 0.492 e. The summed E-state index contributed by atoms with van der Waals surface area (Å²) < 4.78 is 6.09. The molecule has 1 atom stereocenters. The van der Waals surface area contributed by atoms with E-state index in [4.69, 9.17) is 4.42 Å². The van der Waals surface area contributed by atoms with Gasteiger partial charge in [0, 0.05) is 21.8 Å². The molecule has 0 radical (unpaired) electrons. The summed E-state index contributed by atoms with van der Waals surface area (Å²) in [4.78, 5) is 0. The summed E-state index contributed by atoms with van der Waals surface area (Å²) in [6.07, 6.45) is -0.700. The molecule has 0 fully saturated rings. The minimum Gasteiger partial charge on any atom is -0.456 e. The Morgan fingerprint density at radius 1 is 0.880 bits per heavy atom. The molecule has 1 unspecified atom stereocenters. The summed E-state index contributed by atoms with van der Waals surface area (Å²) in [5, 5.41) is 31.1. The van der Waals surface area contributed by atoms with Crippen molar-refractivity contribution in [2.45, 2.75) is 13.0 Å². The molecule has 3 aromatic carbocycles. The van der Waals surface area contributed by atoms with Crippen LogP contribution in [0.15, 0.2) is 65.1 Å². The second-order valence-electron chi connectivity index (χ2n) is 6.15. The minimum atomic E-state index is -1.65. The van der Waals surface area contributed by atoms with Gasteiger partial charge < -0.3 is 19.6 Å². The van der Waals surface area contributed by atoms with Gasteiger partial charge >= 0.3 is 7.12 Å². The Bertz CT molecular complexity index is 1050. The summed E-state index contributed by atoms with van der Waals surface area (Å²) >= 11 is 0. The van der Waals surface area contributed by atoms with Gasteiger partial charge in [-0.2, -0.15) is 0 Å². The summed E-state index contributed by atoms with van der Waals surface area (Å²) in [6.45, 7) is 1.68. The minimum absolute atomic E-state index is 0.287. The van der Waals surface area contributed by atoms with Crippen LogP contribution >= 0.6 is 0 Å². The van der Waals surface area contributed by atoms with E-state index in [9.17, 15) is 15.2 Å². The smallest absolute Gasteiger partial charge is 0.456 e. The molecule has 25 heavy (non-hydrogen) atoms. The summed E-state index contributed by atoms with van der Waals surface area (Å²) in [6, 6.07) is 19.0. The van der Waals surface area contributed by atoms with Crippen molar-refractivity contribution in [3.63, 3.8) is 0 Å². The lowest BCUT2D eigenvalue weighted by Gasteiger charge is -2.09. The van der Waals surface area contributed by atoms with Crippen molar-refractivity contribution in [3.05, 3.63) is 66.2 Å². The van der Waals surface area contributed by atoms with Crippen LogP contribution < -0.4 is 5.46 Å². The van der Waals surface area contributed by atoms with E-state index < -0.39 is 13.2 Å². The topological polar surface area (TPSA) is 73.8 Å². The van der Waals surface area contributed by atoms with Gasteiger partial charge in [0.25, 0.3) is 0 Å². The molecule has 0 aliphatic heterocycles. The first kappa shape index (κ1) is 15.9. The molecule has 1 aromatic heterocycles. The van der Waals surface area contributed by atoms with Gasteiger partial charge in [-0.25, -0.2) is 0 Å². The molecule has 0 saturated heterocycles. The first-order valence-corrected chi connectivity index (χ1v) is 8.15. The SMILES string of the molecule is CC(O)c1ccc(B(O)O)c2oc3c(-c4ccccc4)cccc3c12. The van der Waals surface area contributed by atoms with Gasteiger partial charge in [0.1, 0.15) is 11.2 Å². The van der Waals surface area contributed by atoms with Crippen LogP contribution in [0, 0.1) is 0 Å². The van der Waals surface area contributed by atoms with Crippen LogP contribution in [0.5, 0.6) is 0 Å². The summed E-state index contributed by atoms with van der Waals surface area (Å²) in [5.74, 6) is 0. The van der Waals surface area contributed by atoms with Gasteiger partial charge in [-0.05, 0) is 18.1 Å². The number of aliphatic hydroxyl groups is 1. The first-order valence-electron chi connectivity index (χ1n) is 8.15. The normalized spacial score (nSPS) is 12.6. The molecule has 0 aliphatic carbocycles. The molecular weight excluding hydrogens is 315 g/mol. The van der Waals surface area contributed by atoms with Gasteiger partial charge in [-0.15, -0.1) is 0 Å². The third kappa shape index (κ3) is 2.53. The highest BCUT2D eigenvalue weighted by molar-refractivity contribution is 6.62. The number of hydrogen-bond acceptors (Lipinski definition) is 4. The van der Waals surface area contributed by atoms with Gasteiger partial charge in [-0.3, -0.25) is 0 Å². The van der Waals surface area contributed by atoms with Crippen LogP contribution in [-0.4, -0.2) is 22.3 Å². The molecule has 5 heteroatoms. The van der Waals surface area contributed by atoms with E-state index in [0.29, 0.717) is 22.1 Å². The fourth-order valence-corrected chi connectivity index (χ4v) is 3.34. The standard InChI is InChI=1S/C20H17BO4/c1-12(22)14-10-11-17(21(23)24)20-18(14)16-9-5-8-15(19(16)25-20)13-6-3-2-4-7-13/h2-12,22-24H,1H3. The Labute approximate surface area is 145 Å². The van der Waals surface area contributed by atoms with Crippen molar-refractivity contribution in [2.24, 2.45) is 0 Å². The number of aliphatic hydroxyl groups excluding tert-OH is 1. The Morgan fingerprint density at radius 2 is 1.64 bits per heavy atom. The number of para-hydroxylation sites is 1. The highest BCUT2D eigenvalue weighted by atomic mass is 16.4. The van der Waals surface area contributed by atoms with Gasteiger partial charge in [0.2, 0.25) is 0 Å². The average Bonchev–Trinajstić information content (AvgIpc) is 3.00. The van der Waals surface area contributed by atoms with Crippen molar-refractivity contribution in [1.29, 1.82) is 0 Å². The third-order valence-corrected chi connectivity index (χ3v) is 4.52. The van der Waals surface area contributed by atoms with Crippen LogP contribution in [0.4, 0.5) is 0 Å². The zero-order valence-corrected chi connectivity index (χ0v) is 13.7. The highest BCUT2D eigenvalue weighted by Crippen LogP contribution is 2.38. The van der Waals surface area contributed by atoms with Crippen molar-refractivity contribution in [1.82, 2.24) is 0 Å². The lowest BCUT2D eigenvalue weighted by molar-refractivity contribution is 0.201. The summed E-state index contributed by atoms with van der Waals surface area (Å²) in [5.41, 5.74) is 3.98. The fourth-order valence-electron chi connectivity index (χ4n) is 3.34. The molecule has 0 spiro atoms. The number of fused-ring (bicyclic) bond motifs is 3. The molecule has 4 nitrogen and oxygen atoms in total. The third-order valence-electron chi connectivity index (χ3n) is 4.52. The predicted octanol–water partition coefficient (Wildman–Crippen LogP) is 2.99. The van der Waals surface area contributed by atoms with E-state index in [1.165, 1.54) is 0 Å². The van der Waals surface area contributed by atoms with Gasteiger partial charge in [0.05, 0.1) is 6.10 Å². The van der Waals surface area contributed by atoms with E-state index in [1.807, 2.05) is 48.5 Å². The van der Waals surface area contributed by atoms with E-state index in [-0.39, 0.29) is 5.46 Å². The number of furan rings is 1. The maximum Gasteiger partial charge on any atom is 0.492 e. The van der Waals surface area contributed by atoms with Crippen LogP contribution in [0.1, 0.15) is 18.6 Å². The average molecular weight is 332 g/mol. The Balaban J connectivity index is 2.14. The molecule has 3 N–H and O–H groups in total. The van der Waals surface area contributed by atoms with Gasteiger partial charge in [0.15, 0.2) is 0 Å². The van der Waals surface area contributed by atoms with Crippen molar-refractivity contribution in [3.8, 4) is 11.1 Å². The van der Waals surface area contributed by atoms with E-state index in [1.54, 1.807) is 19.1 Å². The van der Waals surface area contributed by atoms with Crippen LogP contribution in [0.25, 0.3) is 33.1 Å². The number of hydrogen-bond donors (Lipinski definition) is 3. The lowest BCUT2D eigenvalue weighted by atomic mass is 9.78. The van der Waals surface area contributed by atoms with Crippen molar-refractivity contribution in [2.75, 3.05) is 0 Å². The molecule has 1 heterocycles. The zero-order valence-electron chi connectivity index (χ0n) is 13.7. The zero-order chi connectivity index (χ0) is 17.6. The Morgan fingerprint density at radius 3 is 2.32 bits per heavy atom. The van der Waals surface area contributed by atoms with Crippen molar-refractivity contribution >= 4 is 34.5 Å². The molecule has 0 amide bonds. The van der Waals surface area contributed by atoms with Crippen LogP contribution in [0.2, 0.25) is 0 Å². The quantitative estimate of drug-likeness (QED) is 0.504. The van der Waals surface area contributed by atoms with E-state index in [0.717, 1.165) is 16.5 Å². The number of rotatable bonds is 3. The highest BCUT2D eigenvalue weighted by Gasteiger charge is 2.24. The monoisotopic (exact) mass is 332 g/mol. The lowest BCUT2D eigenvalue weighted by Crippen LogP contribution is -2.30. The molecule has 0 bridgehead atoms. The van der Waals surface area contributed by atoms with Crippen LogP contribution in [-0.2, 0) is 0 Å². The van der Waals surface area contributed by atoms with Gasteiger partial charge in [-0.1, -0.05) is 60.7 Å². The Hall–Kier alpha value is -2.60. The molecule has 4 rings (SSSR count). The molecular formula is C20H17BO4. The predicted molar refractivity (Wildman–Crippen MR) is 99.6 cm³/mol. The molecule has 0 aliphatic rings. The molecule has 0 saturated carbocycles.